The molecule has 0 amide bonds. The zero-order chi connectivity index (χ0) is 21.0. The molecule has 0 unspecified atom stereocenters. The number of nitrogens with one attached hydrogen (secondary N) is 1. The van der Waals surface area contributed by atoms with E-state index in [2.05, 4.69) is 29.0 Å². The second kappa shape index (κ2) is 8.70. The van der Waals surface area contributed by atoms with Gasteiger partial charge in [0.15, 0.2) is 5.13 Å². The predicted octanol–water partition coefficient (Wildman–Crippen LogP) is 4.45. The molecule has 0 radical (unpaired) electrons. The predicted molar refractivity (Wildman–Crippen MR) is 116 cm³/mol. The van der Waals surface area contributed by atoms with E-state index in [4.69, 9.17) is 5.73 Å². The van der Waals surface area contributed by atoms with Gasteiger partial charge >= 0.3 is 0 Å². The van der Waals surface area contributed by atoms with E-state index >= 15 is 0 Å². The van der Waals surface area contributed by atoms with Crippen molar-refractivity contribution in [3.63, 3.8) is 0 Å². The summed E-state index contributed by atoms with van der Waals surface area (Å²) < 4.78 is 0. The van der Waals surface area contributed by atoms with Crippen LogP contribution in [0.5, 0.6) is 0 Å². The molecule has 1 aromatic heterocycles. The number of non-ortho nitro benzene ring substituents is 1. The molecule has 29 heavy (non-hydrogen) atoms. The van der Waals surface area contributed by atoms with Crippen molar-refractivity contribution in [3.8, 4) is 0 Å². The molecule has 2 aromatic carbocycles. The van der Waals surface area contributed by atoms with Crippen LogP contribution in [-0.4, -0.2) is 28.8 Å². The smallest absolute Gasteiger partial charge is 0.269 e. The minimum Gasteiger partial charge on any atom is -0.382 e. The van der Waals surface area contributed by atoms with Gasteiger partial charge in [0.25, 0.3) is 5.69 Å². The average molecular weight is 411 g/mol. The molecule has 3 N–H and O–H groups in total. The van der Waals surface area contributed by atoms with Crippen molar-refractivity contribution in [1.82, 2.24) is 4.98 Å². The van der Waals surface area contributed by atoms with E-state index in [-0.39, 0.29) is 17.3 Å². The third kappa shape index (κ3) is 4.52. The van der Waals surface area contributed by atoms with Crippen LogP contribution < -0.4 is 16.0 Å². The fourth-order valence-corrected chi connectivity index (χ4v) is 3.75. The molecule has 0 aliphatic heterocycles. The largest absolute Gasteiger partial charge is 0.382 e. The van der Waals surface area contributed by atoms with Gasteiger partial charge in [-0.3, -0.25) is 14.9 Å². The Morgan fingerprint density at radius 2 is 1.76 bits per heavy atom. The van der Waals surface area contributed by atoms with Crippen molar-refractivity contribution in [2.24, 2.45) is 0 Å². The first-order valence-corrected chi connectivity index (χ1v) is 9.92. The SMILES string of the molecule is CCN(CC)c1ccc(Nc2nc(N)c(C(=O)c3ccc([N+](=O)[O-])cc3)s2)cc1. The van der Waals surface area contributed by atoms with Gasteiger partial charge in [0.1, 0.15) is 10.7 Å². The number of anilines is 4. The van der Waals surface area contributed by atoms with E-state index in [0.717, 1.165) is 35.8 Å². The third-order valence-electron chi connectivity index (χ3n) is 4.45. The van der Waals surface area contributed by atoms with Gasteiger partial charge in [-0.25, -0.2) is 4.98 Å². The Labute approximate surface area is 172 Å². The Bertz CT molecular complexity index is 1010. The number of hydrogen-bond donors (Lipinski definition) is 2. The molecule has 0 atom stereocenters. The van der Waals surface area contributed by atoms with Crippen molar-refractivity contribution >= 4 is 45.1 Å². The summed E-state index contributed by atoms with van der Waals surface area (Å²) in [5, 5.41) is 14.4. The second-order valence-electron chi connectivity index (χ2n) is 6.21. The number of carbonyl (C=O) groups excluding carboxylic acids is 1. The van der Waals surface area contributed by atoms with Gasteiger partial charge in [-0.15, -0.1) is 0 Å². The van der Waals surface area contributed by atoms with Crippen LogP contribution in [0.3, 0.4) is 0 Å². The van der Waals surface area contributed by atoms with E-state index in [9.17, 15) is 14.9 Å². The Hall–Kier alpha value is -3.46. The van der Waals surface area contributed by atoms with Gasteiger partial charge < -0.3 is 16.0 Å². The number of carbonyl (C=O) groups is 1. The molecule has 0 bridgehead atoms. The standard InChI is InChI=1S/C20H21N5O3S/c1-3-24(4-2)15-11-7-14(8-12-15)22-20-23-19(21)18(29-20)17(26)13-5-9-16(10-6-13)25(27)28/h5-12H,3-4,21H2,1-2H3,(H,22,23). The summed E-state index contributed by atoms with van der Waals surface area (Å²) in [7, 11) is 0. The highest BCUT2D eigenvalue weighted by Crippen LogP contribution is 2.30. The fourth-order valence-electron chi connectivity index (χ4n) is 2.88. The number of nitrogen functional groups attached to an aromatic ring is 1. The van der Waals surface area contributed by atoms with Gasteiger partial charge in [0.05, 0.1) is 4.92 Å². The second-order valence-corrected chi connectivity index (χ2v) is 7.21. The van der Waals surface area contributed by atoms with Crippen LogP contribution in [-0.2, 0) is 0 Å². The van der Waals surface area contributed by atoms with Crippen LogP contribution in [0.15, 0.2) is 48.5 Å². The molecule has 0 aliphatic carbocycles. The lowest BCUT2D eigenvalue weighted by molar-refractivity contribution is -0.384. The zero-order valence-corrected chi connectivity index (χ0v) is 16.9. The first-order chi connectivity index (χ1) is 13.9. The first kappa shape index (κ1) is 20.3. The number of ketones is 1. The summed E-state index contributed by atoms with van der Waals surface area (Å²) in [6, 6.07) is 13.4. The van der Waals surface area contributed by atoms with Crippen LogP contribution >= 0.6 is 11.3 Å². The van der Waals surface area contributed by atoms with E-state index in [1.807, 2.05) is 24.3 Å². The molecular weight excluding hydrogens is 390 g/mol. The molecule has 3 rings (SSSR count). The van der Waals surface area contributed by atoms with Crippen LogP contribution in [0, 0.1) is 10.1 Å². The van der Waals surface area contributed by atoms with Crippen molar-refractivity contribution in [2.75, 3.05) is 29.0 Å². The van der Waals surface area contributed by atoms with Crippen molar-refractivity contribution in [2.45, 2.75) is 13.8 Å². The number of aromatic nitrogens is 1. The van der Waals surface area contributed by atoms with Gasteiger partial charge in [-0.05, 0) is 50.2 Å². The first-order valence-electron chi connectivity index (χ1n) is 9.10. The molecule has 9 heteroatoms. The molecular formula is C20H21N5O3S. The van der Waals surface area contributed by atoms with Crippen LogP contribution in [0.1, 0.15) is 29.1 Å². The summed E-state index contributed by atoms with van der Waals surface area (Å²) in [6.07, 6.45) is 0. The van der Waals surface area contributed by atoms with Crippen molar-refractivity contribution in [1.29, 1.82) is 0 Å². The molecule has 3 aromatic rings. The highest BCUT2D eigenvalue weighted by atomic mass is 32.1. The zero-order valence-electron chi connectivity index (χ0n) is 16.1. The molecule has 0 fully saturated rings. The number of nitro benzene ring substituents is 1. The minimum atomic E-state index is -0.511. The lowest BCUT2D eigenvalue weighted by Crippen LogP contribution is -2.21. The lowest BCUT2D eigenvalue weighted by Gasteiger charge is -2.21. The molecule has 0 spiro atoms. The number of benzene rings is 2. The van der Waals surface area contributed by atoms with Gasteiger partial charge in [0.2, 0.25) is 5.78 Å². The Kier molecular flexibility index (Phi) is 6.08. The summed E-state index contributed by atoms with van der Waals surface area (Å²) in [4.78, 5) is 29.7. The van der Waals surface area contributed by atoms with Crippen LogP contribution in [0.25, 0.3) is 0 Å². The number of nitrogens with zero attached hydrogens (tertiary/aromatic N) is 3. The summed E-state index contributed by atoms with van der Waals surface area (Å²) >= 11 is 1.15. The molecule has 0 aliphatic rings. The quantitative estimate of drug-likeness (QED) is 0.319. The number of hydrogen-bond acceptors (Lipinski definition) is 8. The maximum absolute atomic E-state index is 12.7. The summed E-state index contributed by atoms with van der Waals surface area (Å²) in [5.74, 6) is -0.194. The van der Waals surface area contributed by atoms with E-state index in [1.54, 1.807) is 0 Å². The normalized spacial score (nSPS) is 10.6. The molecule has 0 saturated carbocycles. The van der Waals surface area contributed by atoms with Crippen molar-refractivity contribution < 1.29 is 9.72 Å². The lowest BCUT2D eigenvalue weighted by atomic mass is 10.1. The fraction of sp³-hybridized carbons (Fsp3) is 0.200. The summed E-state index contributed by atoms with van der Waals surface area (Å²) in [5.41, 5.74) is 8.15. The van der Waals surface area contributed by atoms with Gasteiger partial charge in [0, 0.05) is 42.2 Å². The Morgan fingerprint density at radius 3 is 2.31 bits per heavy atom. The molecule has 0 saturated heterocycles. The highest BCUT2D eigenvalue weighted by Gasteiger charge is 2.19. The monoisotopic (exact) mass is 411 g/mol. The van der Waals surface area contributed by atoms with Crippen LogP contribution in [0.2, 0.25) is 0 Å². The third-order valence-corrected chi connectivity index (χ3v) is 5.43. The average Bonchev–Trinajstić information content (AvgIpc) is 3.09. The molecule has 1 heterocycles. The van der Waals surface area contributed by atoms with Gasteiger partial charge in [-0.1, -0.05) is 11.3 Å². The van der Waals surface area contributed by atoms with E-state index in [1.165, 1.54) is 24.3 Å². The van der Waals surface area contributed by atoms with E-state index in [0.29, 0.717) is 15.6 Å². The molecule has 150 valence electrons. The Balaban J connectivity index is 1.76. The highest BCUT2D eigenvalue weighted by molar-refractivity contribution is 7.18. The topological polar surface area (TPSA) is 114 Å². The molecule has 8 nitrogen and oxygen atoms in total. The summed E-state index contributed by atoms with van der Waals surface area (Å²) in [6.45, 7) is 6.08. The maximum atomic E-state index is 12.7. The number of thiazole rings is 1. The minimum absolute atomic E-state index is 0.0747. The van der Waals surface area contributed by atoms with Crippen molar-refractivity contribution in [3.05, 3.63) is 69.1 Å². The van der Waals surface area contributed by atoms with Crippen LogP contribution in [0.4, 0.5) is 28.0 Å². The number of nitrogens with two attached hydrogens (primary N) is 1. The number of nitro groups is 1. The number of rotatable bonds is 8. The maximum Gasteiger partial charge on any atom is 0.269 e. The Morgan fingerprint density at radius 1 is 1.14 bits per heavy atom. The van der Waals surface area contributed by atoms with E-state index < -0.39 is 4.92 Å². The van der Waals surface area contributed by atoms with Gasteiger partial charge in [-0.2, -0.15) is 0 Å².